The summed E-state index contributed by atoms with van der Waals surface area (Å²) in [5, 5.41) is 0. The third-order valence-electron chi connectivity index (χ3n) is 3.37. The fraction of sp³-hybridized carbons (Fsp3) is 1.00. The molecule has 0 aromatic rings. The highest BCUT2D eigenvalue weighted by atomic mass is 14.2. The Morgan fingerprint density at radius 1 is 0.500 bits per heavy atom. The third-order valence-corrected chi connectivity index (χ3v) is 3.37. The first-order chi connectivity index (χ1) is 6.43. The highest BCUT2D eigenvalue weighted by Crippen LogP contribution is 2.24. The van der Waals surface area contributed by atoms with Crippen molar-refractivity contribution in [3.8, 4) is 0 Å². The van der Waals surface area contributed by atoms with Gasteiger partial charge in [0, 0.05) is 0 Å². The van der Waals surface area contributed by atoms with Crippen LogP contribution in [-0.2, 0) is 0 Å². The van der Waals surface area contributed by atoms with Gasteiger partial charge in [0.05, 0.1) is 0 Å². The zero-order chi connectivity index (χ0) is 11.1. The lowest BCUT2D eigenvalue weighted by molar-refractivity contribution is 0.303. The number of rotatable bonds is 7. The molecule has 0 aliphatic heterocycles. The summed E-state index contributed by atoms with van der Waals surface area (Å²) in [4.78, 5) is 0. The van der Waals surface area contributed by atoms with E-state index in [-0.39, 0.29) is 0 Å². The summed E-state index contributed by atoms with van der Waals surface area (Å²) in [6.07, 6.45) is 5.62. The fourth-order valence-corrected chi connectivity index (χ4v) is 1.76. The lowest BCUT2D eigenvalue weighted by Gasteiger charge is -2.21. The standard InChI is InChI=1S/C14H30/c1-11(2)7-9-13(5)14(6)10-8-12(3)4/h11-14H,7-10H2,1-6H3. The summed E-state index contributed by atoms with van der Waals surface area (Å²) in [5.41, 5.74) is 0. The normalized spacial score (nSPS) is 16.3. The first-order valence-electron chi connectivity index (χ1n) is 6.43. The lowest BCUT2D eigenvalue weighted by Crippen LogP contribution is -2.10. The molecule has 0 aromatic carbocycles. The Bertz CT molecular complexity index is 108. The first kappa shape index (κ1) is 14.0. The molecule has 0 rings (SSSR count). The predicted molar refractivity (Wildman–Crippen MR) is 66.5 cm³/mol. The second-order valence-electron chi connectivity index (χ2n) is 5.90. The van der Waals surface area contributed by atoms with Crippen LogP contribution in [0.2, 0.25) is 0 Å². The van der Waals surface area contributed by atoms with Gasteiger partial charge in [-0.3, -0.25) is 0 Å². The zero-order valence-electron chi connectivity index (χ0n) is 11.1. The van der Waals surface area contributed by atoms with Gasteiger partial charge in [0.2, 0.25) is 0 Å². The van der Waals surface area contributed by atoms with E-state index >= 15 is 0 Å². The van der Waals surface area contributed by atoms with E-state index in [1.807, 2.05) is 0 Å². The minimum Gasteiger partial charge on any atom is -0.0628 e. The van der Waals surface area contributed by atoms with Crippen LogP contribution in [0.25, 0.3) is 0 Å². The summed E-state index contributed by atoms with van der Waals surface area (Å²) in [5.74, 6) is 3.57. The molecule has 0 N–H and O–H groups in total. The van der Waals surface area contributed by atoms with Gasteiger partial charge in [0.1, 0.15) is 0 Å². The predicted octanol–water partition coefficient (Wildman–Crippen LogP) is 5.13. The maximum Gasteiger partial charge on any atom is -0.0417 e. The minimum absolute atomic E-state index is 0.870. The summed E-state index contributed by atoms with van der Waals surface area (Å²) in [7, 11) is 0. The molecule has 0 aliphatic rings. The SMILES string of the molecule is CC(C)CCC(C)C(C)CCC(C)C. The van der Waals surface area contributed by atoms with Crippen LogP contribution in [0.3, 0.4) is 0 Å². The Morgan fingerprint density at radius 3 is 1.00 bits per heavy atom. The molecule has 86 valence electrons. The van der Waals surface area contributed by atoms with Crippen LogP contribution in [0.15, 0.2) is 0 Å². The molecule has 0 aromatic heterocycles. The molecular weight excluding hydrogens is 168 g/mol. The first-order valence-corrected chi connectivity index (χ1v) is 6.43. The van der Waals surface area contributed by atoms with Crippen LogP contribution in [0.4, 0.5) is 0 Å². The average Bonchev–Trinajstić information content (AvgIpc) is 2.09. The van der Waals surface area contributed by atoms with Crippen LogP contribution >= 0.6 is 0 Å². The minimum atomic E-state index is 0.870. The largest absolute Gasteiger partial charge is 0.0628 e. The molecule has 0 heteroatoms. The molecule has 0 saturated carbocycles. The third kappa shape index (κ3) is 7.41. The molecule has 14 heavy (non-hydrogen) atoms. The van der Waals surface area contributed by atoms with Crippen molar-refractivity contribution in [2.75, 3.05) is 0 Å². The van der Waals surface area contributed by atoms with Gasteiger partial charge >= 0.3 is 0 Å². The average molecular weight is 198 g/mol. The van der Waals surface area contributed by atoms with Crippen molar-refractivity contribution in [3.05, 3.63) is 0 Å². The van der Waals surface area contributed by atoms with E-state index in [1.165, 1.54) is 25.7 Å². The Kier molecular flexibility index (Phi) is 7.31. The van der Waals surface area contributed by atoms with Gasteiger partial charge in [-0.05, 0) is 23.7 Å². The van der Waals surface area contributed by atoms with E-state index in [0.717, 1.165) is 23.7 Å². The maximum atomic E-state index is 2.42. The van der Waals surface area contributed by atoms with Crippen LogP contribution < -0.4 is 0 Å². The van der Waals surface area contributed by atoms with Gasteiger partial charge in [-0.15, -0.1) is 0 Å². The summed E-state index contributed by atoms with van der Waals surface area (Å²) >= 11 is 0. The molecule has 0 fully saturated rings. The second kappa shape index (κ2) is 7.31. The number of hydrogen-bond donors (Lipinski definition) is 0. The highest BCUT2D eigenvalue weighted by molar-refractivity contribution is 4.64. The van der Waals surface area contributed by atoms with Crippen molar-refractivity contribution in [2.45, 2.75) is 67.2 Å². The van der Waals surface area contributed by atoms with Crippen LogP contribution in [0.1, 0.15) is 67.2 Å². The number of hydrogen-bond acceptors (Lipinski definition) is 0. The Hall–Kier alpha value is 0. The van der Waals surface area contributed by atoms with E-state index in [1.54, 1.807) is 0 Å². The molecule has 0 nitrogen and oxygen atoms in total. The molecular formula is C14H30. The van der Waals surface area contributed by atoms with E-state index < -0.39 is 0 Å². The van der Waals surface area contributed by atoms with Crippen LogP contribution in [0, 0.1) is 23.7 Å². The molecule has 0 bridgehead atoms. The van der Waals surface area contributed by atoms with Gasteiger partial charge in [0.15, 0.2) is 0 Å². The molecule has 0 heterocycles. The molecule has 0 aliphatic carbocycles. The van der Waals surface area contributed by atoms with Crippen molar-refractivity contribution in [3.63, 3.8) is 0 Å². The molecule has 0 amide bonds. The van der Waals surface area contributed by atoms with Crippen molar-refractivity contribution >= 4 is 0 Å². The van der Waals surface area contributed by atoms with Crippen molar-refractivity contribution in [1.82, 2.24) is 0 Å². The quantitative estimate of drug-likeness (QED) is 0.532. The van der Waals surface area contributed by atoms with E-state index in [2.05, 4.69) is 41.5 Å². The Balaban J connectivity index is 3.59. The van der Waals surface area contributed by atoms with Gasteiger partial charge in [-0.2, -0.15) is 0 Å². The van der Waals surface area contributed by atoms with Gasteiger partial charge in [-0.1, -0.05) is 67.2 Å². The zero-order valence-corrected chi connectivity index (χ0v) is 11.1. The smallest absolute Gasteiger partial charge is 0.0417 e. The van der Waals surface area contributed by atoms with Gasteiger partial charge in [0.25, 0.3) is 0 Å². The molecule has 2 atom stereocenters. The van der Waals surface area contributed by atoms with Crippen molar-refractivity contribution in [2.24, 2.45) is 23.7 Å². The van der Waals surface area contributed by atoms with Crippen LogP contribution in [-0.4, -0.2) is 0 Å². The van der Waals surface area contributed by atoms with E-state index in [0.29, 0.717) is 0 Å². The van der Waals surface area contributed by atoms with E-state index in [4.69, 9.17) is 0 Å². The molecule has 0 spiro atoms. The maximum absolute atomic E-state index is 2.42. The molecule has 2 unspecified atom stereocenters. The highest BCUT2D eigenvalue weighted by Gasteiger charge is 2.12. The summed E-state index contributed by atoms with van der Waals surface area (Å²) < 4.78 is 0. The monoisotopic (exact) mass is 198 g/mol. The van der Waals surface area contributed by atoms with Crippen LogP contribution in [0.5, 0.6) is 0 Å². The molecule has 0 saturated heterocycles. The Labute approximate surface area is 91.5 Å². The van der Waals surface area contributed by atoms with E-state index in [9.17, 15) is 0 Å². The summed E-state index contributed by atoms with van der Waals surface area (Å²) in [6, 6.07) is 0. The second-order valence-corrected chi connectivity index (χ2v) is 5.90. The van der Waals surface area contributed by atoms with Crippen molar-refractivity contribution < 1.29 is 0 Å². The topological polar surface area (TPSA) is 0 Å². The van der Waals surface area contributed by atoms with Gasteiger partial charge in [-0.25, -0.2) is 0 Å². The lowest BCUT2D eigenvalue weighted by atomic mass is 9.85. The van der Waals surface area contributed by atoms with Gasteiger partial charge < -0.3 is 0 Å². The Morgan fingerprint density at radius 2 is 0.786 bits per heavy atom. The molecule has 0 radical (unpaired) electrons. The van der Waals surface area contributed by atoms with Crippen molar-refractivity contribution in [1.29, 1.82) is 0 Å². The fourth-order valence-electron chi connectivity index (χ4n) is 1.76. The summed E-state index contributed by atoms with van der Waals surface area (Å²) in [6.45, 7) is 14.1.